The maximum Gasteiger partial charge on any atom is 0.193 e. The lowest BCUT2D eigenvalue weighted by Gasteiger charge is -2.31. The van der Waals surface area contributed by atoms with Crippen LogP contribution >= 0.6 is 0 Å². The highest BCUT2D eigenvalue weighted by Crippen LogP contribution is 2.28. The zero-order valence-electron chi connectivity index (χ0n) is 15.0. The molecule has 0 aromatic heterocycles. The predicted molar refractivity (Wildman–Crippen MR) is 95.6 cm³/mol. The summed E-state index contributed by atoms with van der Waals surface area (Å²) in [5.41, 5.74) is 0. The molecule has 6 nitrogen and oxygen atoms in total. The molecule has 0 spiro atoms. The van der Waals surface area contributed by atoms with Gasteiger partial charge in [0.2, 0.25) is 0 Å². The Balaban J connectivity index is 2.20. The molecule has 0 aliphatic heterocycles. The number of guanidine groups is 1. The third kappa shape index (κ3) is 9.15. The molecule has 0 unspecified atom stereocenters. The van der Waals surface area contributed by atoms with Crippen molar-refractivity contribution in [2.75, 3.05) is 52.4 Å². The predicted octanol–water partition coefficient (Wildman–Crippen LogP) is 1.38. The highest BCUT2D eigenvalue weighted by atomic mass is 32.2. The zero-order chi connectivity index (χ0) is 17.3. The first-order valence-electron chi connectivity index (χ1n) is 8.49. The number of nitrogens with one attached hydrogen (secondary N) is 1. The second-order valence-electron chi connectivity index (χ2n) is 6.72. The van der Waals surface area contributed by atoms with Crippen molar-refractivity contribution in [2.45, 2.75) is 32.6 Å². The zero-order valence-corrected chi connectivity index (χ0v) is 15.9. The van der Waals surface area contributed by atoms with Crippen molar-refractivity contribution in [1.82, 2.24) is 10.2 Å². The average molecular weight is 348 g/mol. The van der Waals surface area contributed by atoms with Gasteiger partial charge in [-0.3, -0.25) is 4.99 Å². The minimum Gasteiger partial charge on any atom is -0.379 e. The van der Waals surface area contributed by atoms with Crippen molar-refractivity contribution in [3.8, 4) is 0 Å². The van der Waals surface area contributed by atoms with Crippen LogP contribution in [0, 0.1) is 11.8 Å². The summed E-state index contributed by atoms with van der Waals surface area (Å²) in [4.78, 5) is 6.48. The first-order valence-corrected chi connectivity index (χ1v) is 10.5. The highest BCUT2D eigenvalue weighted by Gasteiger charge is 2.20. The number of aliphatic imine (C=N–C) groups is 1. The maximum atomic E-state index is 11.0. The quantitative estimate of drug-likeness (QED) is 0.408. The largest absolute Gasteiger partial charge is 0.379 e. The second-order valence-corrected chi connectivity index (χ2v) is 8.98. The molecule has 0 amide bonds. The topological polar surface area (TPSA) is 71.0 Å². The highest BCUT2D eigenvalue weighted by molar-refractivity contribution is 7.90. The molecule has 0 aromatic rings. The number of sulfone groups is 1. The van der Waals surface area contributed by atoms with Gasteiger partial charge in [-0.05, 0) is 24.7 Å². The molecule has 1 aliphatic rings. The van der Waals surface area contributed by atoms with E-state index in [1.165, 1.54) is 31.9 Å². The first kappa shape index (κ1) is 20.2. The molecule has 0 heterocycles. The third-order valence-corrected chi connectivity index (χ3v) is 5.28. The van der Waals surface area contributed by atoms with Gasteiger partial charge in [0, 0.05) is 33.4 Å². The van der Waals surface area contributed by atoms with E-state index in [1.807, 2.05) is 0 Å². The maximum absolute atomic E-state index is 11.0. The Kier molecular flexibility index (Phi) is 8.91. The van der Waals surface area contributed by atoms with E-state index in [-0.39, 0.29) is 12.4 Å². The van der Waals surface area contributed by atoms with Gasteiger partial charge < -0.3 is 15.0 Å². The summed E-state index contributed by atoms with van der Waals surface area (Å²) >= 11 is 0. The van der Waals surface area contributed by atoms with Gasteiger partial charge in [-0.15, -0.1) is 0 Å². The number of hydrogen-bond donors (Lipinski definition) is 1. The van der Waals surface area contributed by atoms with Crippen LogP contribution in [-0.2, 0) is 14.6 Å². The van der Waals surface area contributed by atoms with Crippen molar-refractivity contribution in [3.05, 3.63) is 0 Å². The summed E-state index contributed by atoms with van der Waals surface area (Å²) in [6.07, 6.45) is 6.49. The van der Waals surface area contributed by atoms with Crippen LogP contribution in [0.1, 0.15) is 32.6 Å². The van der Waals surface area contributed by atoms with Crippen LogP contribution in [0.2, 0.25) is 0 Å². The van der Waals surface area contributed by atoms with Crippen LogP contribution in [0.25, 0.3) is 0 Å². The summed E-state index contributed by atoms with van der Waals surface area (Å²) in [5, 5.41) is 3.27. The molecular weight excluding hydrogens is 314 g/mol. The van der Waals surface area contributed by atoms with Crippen molar-refractivity contribution < 1.29 is 13.2 Å². The number of hydrogen-bond acceptors (Lipinski definition) is 4. The van der Waals surface area contributed by atoms with E-state index in [0.29, 0.717) is 13.2 Å². The SMILES string of the molecule is CN=C(NCCOCCS(C)(=O)=O)N(C)CC1CCC(C)CC1. The molecule has 1 saturated carbocycles. The van der Waals surface area contributed by atoms with Crippen molar-refractivity contribution >= 4 is 15.8 Å². The third-order valence-electron chi connectivity index (χ3n) is 4.37. The molecule has 136 valence electrons. The molecular formula is C16H33N3O3S. The van der Waals surface area contributed by atoms with Crippen LogP contribution in [0.15, 0.2) is 4.99 Å². The smallest absolute Gasteiger partial charge is 0.193 e. The van der Waals surface area contributed by atoms with Crippen LogP contribution in [0.4, 0.5) is 0 Å². The molecule has 0 saturated heterocycles. The van der Waals surface area contributed by atoms with Gasteiger partial charge in [-0.2, -0.15) is 0 Å². The lowest BCUT2D eigenvalue weighted by Crippen LogP contribution is -2.43. The van der Waals surface area contributed by atoms with E-state index >= 15 is 0 Å². The normalized spacial score (nSPS) is 22.9. The fourth-order valence-electron chi connectivity index (χ4n) is 2.92. The Hall–Kier alpha value is -0.820. The molecule has 7 heteroatoms. The first-order chi connectivity index (χ1) is 10.8. The molecule has 1 fully saturated rings. The van der Waals surface area contributed by atoms with E-state index in [9.17, 15) is 8.42 Å². The number of rotatable bonds is 8. The Bertz CT molecular complexity index is 457. The van der Waals surface area contributed by atoms with Gasteiger partial charge in [-0.1, -0.05) is 19.8 Å². The monoisotopic (exact) mass is 347 g/mol. The Morgan fingerprint density at radius 1 is 1.26 bits per heavy atom. The lowest BCUT2D eigenvalue weighted by molar-refractivity contribution is 0.153. The van der Waals surface area contributed by atoms with Crippen molar-refractivity contribution in [1.29, 1.82) is 0 Å². The second kappa shape index (κ2) is 10.1. The van der Waals surface area contributed by atoms with E-state index < -0.39 is 9.84 Å². The van der Waals surface area contributed by atoms with Gasteiger partial charge in [0.15, 0.2) is 5.96 Å². The lowest BCUT2D eigenvalue weighted by atomic mass is 9.83. The molecule has 23 heavy (non-hydrogen) atoms. The van der Waals surface area contributed by atoms with E-state index in [0.717, 1.165) is 24.3 Å². The van der Waals surface area contributed by atoms with Crippen LogP contribution in [-0.4, -0.2) is 71.7 Å². The van der Waals surface area contributed by atoms with Crippen LogP contribution < -0.4 is 5.32 Å². The Morgan fingerprint density at radius 2 is 1.91 bits per heavy atom. The summed E-state index contributed by atoms with van der Waals surface area (Å²) in [6.45, 7) is 4.71. The fourth-order valence-corrected chi connectivity index (χ4v) is 3.34. The molecule has 0 aromatic carbocycles. The minimum atomic E-state index is -2.94. The van der Waals surface area contributed by atoms with Gasteiger partial charge in [-0.25, -0.2) is 8.42 Å². The summed E-state index contributed by atoms with van der Waals surface area (Å²) in [7, 11) is 0.908. The summed E-state index contributed by atoms with van der Waals surface area (Å²) in [5.74, 6) is 2.57. The molecule has 0 bridgehead atoms. The number of nitrogens with zero attached hydrogens (tertiary/aromatic N) is 2. The molecule has 1 N–H and O–H groups in total. The standard InChI is InChI=1S/C16H33N3O3S/c1-14-5-7-15(8-6-14)13-19(3)16(17-2)18-9-10-22-11-12-23(4,20)21/h14-15H,5-13H2,1-4H3,(H,17,18). The summed E-state index contributed by atoms with van der Waals surface area (Å²) in [6, 6.07) is 0. The van der Waals surface area contributed by atoms with Gasteiger partial charge in [0.25, 0.3) is 0 Å². The Morgan fingerprint density at radius 3 is 2.48 bits per heavy atom. The van der Waals surface area contributed by atoms with Gasteiger partial charge in [0.05, 0.1) is 19.0 Å². The summed E-state index contributed by atoms with van der Waals surface area (Å²) < 4.78 is 27.3. The Labute approximate surface area is 141 Å². The molecule has 0 atom stereocenters. The average Bonchev–Trinajstić information content (AvgIpc) is 2.47. The van der Waals surface area contributed by atoms with E-state index in [1.54, 1.807) is 7.05 Å². The van der Waals surface area contributed by atoms with Crippen molar-refractivity contribution in [2.24, 2.45) is 16.8 Å². The molecule has 1 rings (SSSR count). The van der Waals surface area contributed by atoms with Crippen LogP contribution in [0.3, 0.4) is 0 Å². The van der Waals surface area contributed by atoms with E-state index in [4.69, 9.17) is 4.74 Å². The molecule has 0 radical (unpaired) electrons. The van der Waals surface area contributed by atoms with E-state index in [2.05, 4.69) is 29.2 Å². The van der Waals surface area contributed by atoms with Gasteiger partial charge in [0.1, 0.15) is 9.84 Å². The molecule has 1 aliphatic carbocycles. The van der Waals surface area contributed by atoms with Crippen molar-refractivity contribution in [3.63, 3.8) is 0 Å². The fraction of sp³-hybridized carbons (Fsp3) is 0.938. The van der Waals surface area contributed by atoms with Gasteiger partial charge >= 0.3 is 0 Å². The minimum absolute atomic E-state index is 0.0712. The van der Waals surface area contributed by atoms with Crippen LogP contribution in [0.5, 0.6) is 0 Å². The number of ether oxygens (including phenoxy) is 1.